The van der Waals surface area contributed by atoms with Gasteiger partial charge in [0.15, 0.2) is 0 Å². The monoisotopic (exact) mass is 579 g/mol. The van der Waals surface area contributed by atoms with Gasteiger partial charge >= 0.3 is 11.9 Å². The minimum Gasteiger partial charge on any atom is -0.469 e. The van der Waals surface area contributed by atoms with Crippen LogP contribution in [0.15, 0.2) is 12.2 Å². The highest BCUT2D eigenvalue weighted by atomic mass is 16.6. The van der Waals surface area contributed by atoms with E-state index in [-0.39, 0.29) is 24.0 Å². The van der Waals surface area contributed by atoms with Crippen LogP contribution in [0.25, 0.3) is 0 Å². The summed E-state index contributed by atoms with van der Waals surface area (Å²) in [5, 5.41) is 0. The Labute approximate surface area is 256 Å². The summed E-state index contributed by atoms with van der Waals surface area (Å²) in [6.07, 6.45) is 37.7. The zero-order valence-electron chi connectivity index (χ0n) is 28.0. The average Bonchev–Trinajstić information content (AvgIpc) is 2.96. The Morgan fingerprint density at radius 3 is 1.29 bits per heavy atom. The molecular weight excluding hydrogens is 508 g/mol. The number of ether oxygens (including phenoxy) is 2. The van der Waals surface area contributed by atoms with Crippen molar-refractivity contribution in [3.8, 4) is 0 Å². The first-order valence-corrected chi connectivity index (χ1v) is 18.0. The van der Waals surface area contributed by atoms with Crippen molar-refractivity contribution in [2.24, 2.45) is 5.92 Å². The molecule has 0 radical (unpaired) electrons. The molecule has 0 aromatic heterocycles. The fourth-order valence-corrected chi connectivity index (χ4v) is 5.78. The highest BCUT2D eigenvalue weighted by Gasteiger charge is 2.30. The Hall–Kier alpha value is -1.32. The second-order valence-corrected chi connectivity index (χ2v) is 12.3. The van der Waals surface area contributed by atoms with Crippen LogP contribution in [0.3, 0.4) is 0 Å². The number of hydrogen-bond acceptors (Lipinski definition) is 4. The standard InChI is InChI=1S/C37H70O4/c1-5-7-9-11-13-15-17-19-20-21-23-25-27-29-31-33-36(41-34(3)38)35(37(39)40-4)32-30-28-26-24-22-18-16-14-12-10-8-6-2/h19-20,35-36H,5-18,21-33H2,1-4H3/b20-19-/t35-,36-/m0/s1. The van der Waals surface area contributed by atoms with Gasteiger partial charge in [-0.25, -0.2) is 0 Å². The van der Waals surface area contributed by atoms with E-state index in [9.17, 15) is 9.59 Å². The lowest BCUT2D eigenvalue weighted by Crippen LogP contribution is -2.33. The van der Waals surface area contributed by atoms with Crippen LogP contribution in [0.1, 0.15) is 194 Å². The maximum Gasteiger partial charge on any atom is 0.312 e. The number of carbonyl (C=O) groups excluding carboxylic acids is 2. The molecular formula is C37H70O4. The van der Waals surface area contributed by atoms with Gasteiger partial charge in [0, 0.05) is 6.92 Å². The highest BCUT2D eigenvalue weighted by molar-refractivity contribution is 5.74. The summed E-state index contributed by atoms with van der Waals surface area (Å²) in [6, 6.07) is 0. The molecule has 0 saturated carbocycles. The van der Waals surface area contributed by atoms with Crippen LogP contribution in [0.5, 0.6) is 0 Å². The summed E-state index contributed by atoms with van der Waals surface area (Å²) in [5.41, 5.74) is 0. The second kappa shape index (κ2) is 31.6. The van der Waals surface area contributed by atoms with E-state index in [1.54, 1.807) is 0 Å². The summed E-state index contributed by atoms with van der Waals surface area (Å²) in [4.78, 5) is 24.4. The summed E-state index contributed by atoms with van der Waals surface area (Å²) in [5.74, 6) is -0.873. The second-order valence-electron chi connectivity index (χ2n) is 12.3. The van der Waals surface area contributed by atoms with Crippen molar-refractivity contribution in [1.82, 2.24) is 0 Å². The van der Waals surface area contributed by atoms with Gasteiger partial charge in [-0.1, -0.05) is 154 Å². The first kappa shape index (κ1) is 39.7. The molecule has 0 aliphatic carbocycles. The molecule has 0 unspecified atom stereocenters. The molecule has 0 heterocycles. The highest BCUT2D eigenvalue weighted by Crippen LogP contribution is 2.24. The summed E-state index contributed by atoms with van der Waals surface area (Å²) in [6.45, 7) is 5.99. The lowest BCUT2D eigenvalue weighted by atomic mass is 9.91. The topological polar surface area (TPSA) is 52.6 Å². The van der Waals surface area contributed by atoms with E-state index in [0.29, 0.717) is 0 Å². The van der Waals surface area contributed by atoms with E-state index < -0.39 is 0 Å². The van der Waals surface area contributed by atoms with Gasteiger partial charge in [-0.05, 0) is 44.9 Å². The molecule has 0 spiro atoms. The smallest absolute Gasteiger partial charge is 0.312 e. The normalized spacial score (nSPS) is 13.0. The molecule has 0 saturated heterocycles. The van der Waals surface area contributed by atoms with Crippen molar-refractivity contribution in [3.05, 3.63) is 12.2 Å². The first-order valence-electron chi connectivity index (χ1n) is 18.0. The van der Waals surface area contributed by atoms with E-state index in [0.717, 1.165) is 38.5 Å². The van der Waals surface area contributed by atoms with Crippen LogP contribution in [0.2, 0.25) is 0 Å². The molecule has 0 aliphatic rings. The molecule has 0 amide bonds. The summed E-state index contributed by atoms with van der Waals surface area (Å²) < 4.78 is 10.8. The van der Waals surface area contributed by atoms with Crippen molar-refractivity contribution in [3.63, 3.8) is 0 Å². The number of methoxy groups -OCH3 is 1. The Bertz CT molecular complexity index is 600. The van der Waals surface area contributed by atoms with Crippen LogP contribution >= 0.6 is 0 Å². The number of unbranched alkanes of at least 4 members (excludes halogenated alkanes) is 22. The molecule has 0 rings (SSSR count). The van der Waals surface area contributed by atoms with Crippen molar-refractivity contribution < 1.29 is 19.1 Å². The van der Waals surface area contributed by atoms with E-state index >= 15 is 0 Å². The van der Waals surface area contributed by atoms with E-state index in [2.05, 4.69) is 26.0 Å². The molecule has 0 fully saturated rings. The average molecular weight is 579 g/mol. The van der Waals surface area contributed by atoms with Gasteiger partial charge in [-0.15, -0.1) is 0 Å². The molecule has 242 valence electrons. The number of allylic oxidation sites excluding steroid dienone is 2. The number of hydrogen-bond donors (Lipinski definition) is 0. The molecule has 0 aliphatic heterocycles. The van der Waals surface area contributed by atoms with Gasteiger partial charge in [0.05, 0.1) is 13.0 Å². The van der Waals surface area contributed by atoms with Crippen molar-refractivity contribution in [2.75, 3.05) is 7.11 Å². The Balaban J connectivity index is 4.10. The summed E-state index contributed by atoms with van der Waals surface area (Å²) in [7, 11) is 1.45. The predicted molar refractivity (Wildman–Crippen MR) is 176 cm³/mol. The van der Waals surface area contributed by atoms with Gasteiger partial charge in [0.1, 0.15) is 6.10 Å². The predicted octanol–water partition coefficient (Wildman–Crippen LogP) is 11.8. The van der Waals surface area contributed by atoms with Crippen LogP contribution in [-0.4, -0.2) is 25.2 Å². The van der Waals surface area contributed by atoms with Gasteiger partial charge in [0.25, 0.3) is 0 Å². The maximum atomic E-state index is 12.6. The number of rotatable bonds is 31. The number of esters is 2. The fraction of sp³-hybridized carbons (Fsp3) is 0.892. The van der Waals surface area contributed by atoms with Gasteiger partial charge in [0.2, 0.25) is 0 Å². The Morgan fingerprint density at radius 2 is 0.902 bits per heavy atom. The zero-order valence-corrected chi connectivity index (χ0v) is 28.0. The Morgan fingerprint density at radius 1 is 0.537 bits per heavy atom. The van der Waals surface area contributed by atoms with E-state index in [1.807, 2.05) is 0 Å². The minimum atomic E-state index is -0.363. The fourth-order valence-electron chi connectivity index (χ4n) is 5.78. The third-order valence-electron chi connectivity index (χ3n) is 8.39. The molecule has 41 heavy (non-hydrogen) atoms. The van der Waals surface area contributed by atoms with E-state index in [1.165, 1.54) is 149 Å². The van der Waals surface area contributed by atoms with Crippen LogP contribution in [0, 0.1) is 5.92 Å². The molecule has 0 N–H and O–H groups in total. The largest absolute Gasteiger partial charge is 0.469 e. The molecule has 0 aromatic rings. The minimum absolute atomic E-state index is 0.230. The third-order valence-corrected chi connectivity index (χ3v) is 8.39. The molecule has 0 bridgehead atoms. The quantitative estimate of drug-likeness (QED) is 0.0466. The Kier molecular flexibility index (Phi) is 30.6. The zero-order chi connectivity index (χ0) is 30.2. The lowest BCUT2D eigenvalue weighted by molar-refractivity contribution is -0.160. The summed E-state index contributed by atoms with van der Waals surface area (Å²) >= 11 is 0. The van der Waals surface area contributed by atoms with Crippen molar-refractivity contribution in [1.29, 1.82) is 0 Å². The first-order chi connectivity index (χ1) is 20.1. The maximum absolute atomic E-state index is 12.6. The molecule has 4 nitrogen and oxygen atoms in total. The van der Waals surface area contributed by atoms with Crippen LogP contribution in [0.4, 0.5) is 0 Å². The van der Waals surface area contributed by atoms with Gasteiger partial charge in [-0.2, -0.15) is 0 Å². The molecule has 0 aromatic carbocycles. The van der Waals surface area contributed by atoms with Crippen molar-refractivity contribution >= 4 is 11.9 Å². The van der Waals surface area contributed by atoms with Crippen LogP contribution in [-0.2, 0) is 19.1 Å². The van der Waals surface area contributed by atoms with Crippen LogP contribution < -0.4 is 0 Å². The van der Waals surface area contributed by atoms with E-state index in [4.69, 9.17) is 9.47 Å². The molecule has 4 heteroatoms. The lowest BCUT2D eigenvalue weighted by Gasteiger charge is -2.25. The van der Waals surface area contributed by atoms with Crippen molar-refractivity contribution in [2.45, 2.75) is 200 Å². The van der Waals surface area contributed by atoms with Gasteiger partial charge in [-0.3, -0.25) is 9.59 Å². The van der Waals surface area contributed by atoms with Gasteiger partial charge < -0.3 is 9.47 Å². The third kappa shape index (κ3) is 27.3. The SMILES string of the molecule is CCCCCCCC/C=C\CCCCCCC[C@H](OC(C)=O)[C@H](CCCCCCCCCCCCCC)C(=O)OC. The molecule has 2 atom stereocenters. The number of carbonyl (C=O) groups is 2.